The molecular formula is C17H9BrCl2N4O. The largest absolute Gasteiger partial charge is 0.437 e. The molecule has 0 atom stereocenters. The Labute approximate surface area is 161 Å². The van der Waals surface area contributed by atoms with Crippen LogP contribution in [0.5, 0.6) is 0 Å². The van der Waals surface area contributed by atoms with Crippen LogP contribution < -0.4 is 0 Å². The van der Waals surface area contributed by atoms with E-state index in [0.717, 1.165) is 5.56 Å². The third-order valence-electron chi connectivity index (χ3n) is 3.56. The van der Waals surface area contributed by atoms with E-state index in [1.54, 1.807) is 35.1 Å². The van der Waals surface area contributed by atoms with Crippen LogP contribution in [0.2, 0.25) is 10.0 Å². The zero-order valence-electron chi connectivity index (χ0n) is 12.6. The van der Waals surface area contributed by atoms with Gasteiger partial charge in [-0.3, -0.25) is 0 Å². The third kappa shape index (κ3) is 2.86. The number of benzene rings is 1. The molecule has 1 aliphatic rings. The van der Waals surface area contributed by atoms with Gasteiger partial charge in [-0.05, 0) is 40.2 Å². The molecule has 0 aliphatic carbocycles. The molecule has 0 N–H and O–H groups in total. The number of fused-ring (bicyclic) bond motifs is 1. The van der Waals surface area contributed by atoms with Crippen LogP contribution in [0, 0.1) is 0 Å². The zero-order chi connectivity index (χ0) is 17.6. The first-order chi connectivity index (χ1) is 12.0. The minimum absolute atomic E-state index is 0.311. The van der Waals surface area contributed by atoms with Crippen molar-refractivity contribution in [3.05, 3.63) is 75.1 Å². The Balaban J connectivity index is 1.91. The van der Waals surface area contributed by atoms with Gasteiger partial charge in [0.15, 0.2) is 5.82 Å². The summed E-state index contributed by atoms with van der Waals surface area (Å²) in [4.78, 5) is 8.83. The number of hydrogen-bond donors (Lipinski definition) is 0. The van der Waals surface area contributed by atoms with Crippen molar-refractivity contribution < 1.29 is 4.74 Å². The van der Waals surface area contributed by atoms with E-state index in [1.807, 2.05) is 12.1 Å². The highest BCUT2D eigenvalue weighted by Crippen LogP contribution is 2.38. The maximum atomic E-state index is 6.28. The first-order valence-corrected chi connectivity index (χ1v) is 8.70. The van der Waals surface area contributed by atoms with Crippen molar-refractivity contribution in [1.29, 1.82) is 0 Å². The van der Waals surface area contributed by atoms with Gasteiger partial charge < -0.3 is 4.74 Å². The fraction of sp³-hybridized carbons (Fsp3) is 0. The van der Waals surface area contributed by atoms with Gasteiger partial charge in [0.2, 0.25) is 5.90 Å². The Bertz CT molecular complexity index is 1040. The summed E-state index contributed by atoms with van der Waals surface area (Å²) >= 11 is 15.9. The summed E-state index contributed by atoms with van der Waals surface area (Å²) in [6.45, 7) is 3.95. The van der Waals surface area contributed by atoms with E-state index >= 15 is 0 Å². The van der Waals surface area contributed by atoms with Gasteiger partial charge in [-0.25, -0.2) is 14.7 Å². The van der Waals surface area contributed by atoms with Gasteiger partial charge in [0.05, 0.1) is 15.7 Å². The van der Waals surface area contributed by atoms with E-state index in [1.165, 1.54) is 0 Å². The second-order valence-electron chi connectivity index (χ2n) is 5.15. The number of rotatable bonds is 2. The number of aromatic nitrogens is 3. The first kappa shape index (κ1) is 16.3. The molecule has 3 aromatic rings. The van der Waals surface area contributed by atoms with Crippen LogP contribution >= 0.6 is 39.1 Å². The van der Waals surface area contributed by atoms with Crippen LogP contribution in [-0.2, 0) is 4.74 Å². The van der Waals surface area contributed by atoms with Crippen molar-refractivity contribution >= 4 is 56.5 Å². The number of para-hydroxylation sites is 1. The number of pyridine rings is 1. The lowest BCUT2D eigenvalue weighted by Crippen LogP contribution is -2.16. The Morgan fingerprint density at radius 2 is 1.92 bits per heavy atom. The molecule has 0 unspecified atom stereocenters. The van der Waals surface area contributed by atoms with E-state index < -0.39 is 0 Å². The van der Waals surface area contributed by atoms with Crippen molar-refractivity contribution in [3.63, 3.8) is 0 Å². The summed E-state index contributed by atoms with van der Waals surface area (Å²) in [5, 5.41) is 5.35. The molecule has 0 fully saturated rings. The van der Waals surface area contributed by atoms with Crippen LogP contribution in [0.15, 0.2) is 58.8 Å². The maximum Gasteiger partial charge on any atom is 0.246 e. The Kier molecular flexibility index (Phi) is 4.11. The topological polar surface area (TPSA) is 52.3 Å². The highest BCUT2D eigenvalue weighted by molar-refractivity contribution is 9.10. The van der Waals surface area contributed by atoms with E-state index in [2.05, 4.69) is 37.6 Å². The Hall–Kier alpha value is -2.15. The second kappa shape index (κ2) is 6.29. The van der Waals surface area contributed by atoms with Gasteiger partial charge in [0.1, 0.15) is 16.1 Å². The smallest absolute Gasteiger partial charge is 0.246 e. The van der Waals surface area contributed by atoms with Gasteiger partial charge >= 0.3 is 0 Å². The molecule has 8 heteroatoms. The number of ether oxygens (including phenoxy) is 1. The molecule has 2 aromatic heterocycles. The van der Waals surface area contributed by atoms with Crippen LogP contribution in [0.4, 0.5) is 5.69 Å². The third-order valence-corrected chi connectivity index (χ3v) is 4.55. The molecule has 3 heterocycles. The molecular weight excluding hydrogens is 427 g/mol. The SMILES string of the molecule is C=C1OC(c2cc(Br)nn2-c2ncccc2Cl)=Nc2c(Cl)cccc21. The highest BCUT2D eigenvalue weighted by Gasteiger charge is 2.25. The Morgan fingerprint density at radius 3 is 2.72 bits per heavy atom. The summed E-state index contributed by atoms with van der Waals surface area (Å²) in [5.74, 6) is 1.23. The molecule has 0 amide bonds. The van der Waals surface area contributed by atoms with Crippen molar-refractivity contribution in [1.82, 2.24) is 14.8 Å². The minimum atomic E-state index is 0.311. The standard InChI is InChI=1S/C17H9BrCl2N4O/c1-9-10-4-2-5-11(19)15(10)22-17(25-9)13-8-14(18)23-24(13)16-12(20)6-3-7-21-16/h2-8H,1H2. The lowest BCUT2D eigenvalue weighted by atomic mass is 10.1. The summed E-state index contributed by atoms with van der Waals surface area (Å²) < 4.78 is 7.96. The molecule has 1 aromatic carbocycles. The van der Waals surface area contributed by atoms with E-state index in [4.69, 9.17) is 27.9 Å². The number of nitrogens with zero attached hydrogens (tertiary/aromatic N) is 4. The number of aliphatic imine (C=N–C) groups is 1. The molecule has 5 nitrogen and oxygen atoms in total. The Morgan fingerprint density at radius 1 is 1.12 bits per heavy atom. The van der Waals surface area contributed by atoms with Crippen LogP contribution in [0.3, 0.4) is 0 Å². The van der Waals surface area contributed by atoms with Crippen molar-refractivity contribution in [2.75, 3.05) is 0 Å². The van der Waals surface area contributed by atoms with Crippen molar-refractivity contribution in [3.8, 4) is 5.82 Å². The predicted octanol–water partition coefficient (Wildman–Crippen LogP) is 5.42. The number of halogens is 3. The summed E-state index contributed by atoms with van der Waals surface area (Å²) in [6, 6.07) is 10.7. The molecule has 0 saturated heterocycles. The lowest BCUT2D eigenvalue weighted by Gasteiger charge is -2.19. The average Bonchev–Trinajstić information content (AvgIpc) is 2.98. The lowest BCUT2D eigenvalue weighted by molar-refractivity contribution is 0.500. The first-order valence-electron chi connectivity index (χ1n) is 7.16. The summed E-state index contributed by atoms with van der Waals surface area (Å²) in [6.07, 6.45) is 1.63. The molecule has 1 aliphatic heterocycles. The van der Waals surface area contributed by atoms with Crippen LogP contribution in [-0.4, -0.2) is 20.7 Å². The van der Waals surface area contributed by atoms with Gasteiger partial charge in [0.25, 0.3) is 0 Å². The quantitative estimate of drug-likeness (QED) is 0.540. The molecule has 0 bridgehead atoms. The fourth-order valence-electron chi connectivity index (χ4n) is 2.46. The van der Waals surface area contributed by atoms with Crippen molar-refractivity contribution in [2.45, 2.75) is 0 Å². The van der Waals surface area contributed by atoms with Gasteiger partial charge in [0, 0.05) is 17.8 Å². The molecule has 25 heavy (non-hydrogen) atoms. The van der Waals surface area contributed by atoms with Crippen LogP contribution in [0.1, 0.15) is 11.3 Å². The molecule has 4 rings (SSSR count). The van der Waals surface area contributed by atoms with E-state index in [9.17, 15) is 0 Å². The summed E-state index contributed by atoms with van der Waals surface area (Å²) in [5.41, 5.74) is 1.92. The van der Waals surface area contributed by atoms with Gasteiger partial charge in [-0.15, -0.1) is 0 Å². The normalized spacial score (nSPS) is 13.2. The van der Waals surface area contributed by atoms with E-state index in [-0.39, 0.29) is 0 Å². The van der Waals surface area contributed by atoms with Crippen molar-refractivity contribution in [2.24, 2.45) is 4.99 Å². The summed E-state index contributed by atoms with van der Waals surface area (Å²) in [7, 11) is 0. The monoisotopic (exact) mass is 434 g/mol. The molecule has 0 radical (unpaired) electrons. The average molecular weight is 436 g/mol. The number of hydrogen-bond acceptors (Lipinski definition) is 4. The maximum absolute atomic E-state index is 6.28. The minimum Gasteiger partial charge on any atom is -0.437 e. The molecule has 0 spiro atoms. The molecule has 0 saturated carbocycles. The second-order valence-corrected chi connectivity index (χ2v) is 6.78. The molecule has 124 valence electrons. The highest BCUT2D eigenvalue weighted by atomic mass is 79.9. The predicted molar refractivity (Wildman–Crippen MR) is 102 cm³/mol. The van der Waals surface area contributed by atoms with E-state index in [0.29, 0.717) is 43.5 Å². The zero-order valence-corrected chi connectivity index (χ0v) is 15.7. The van der Waals surface area contributed by atoms with Crippen LogP contribution in [0.25, 0.3) is 11.6 Å². The van der Waals surface area contributed by atoms with Gasteiger partial charge in [-0.1, -0.05) is 35.8 Å². The fourth-order valence-corrected chi connectivity index (χ4v) is 3.25. The van der Waals surface area contributed by atoms with Gasteiger partial charge in [-0.2, -0.15) is 5.10 Å².